The van der Waals surface area contributed by atoms with E-state index < -0.39 is 0 Å². The van der Waals surface area contributed by atoms with Crippen molar-refractivity contribution in [2.75, 3.05) is 13.2 Å². The van der Waals surface area contributed by atoms with Crippen LogP contribution in [-0.2, 0) is 11.2 Å². The van der Waals surface area contributed by atoms with Crippen molar-refractivity contribution in [2.45, 2.75) is 45.3 Å². The molecule has 1 aromatic rings. The van der Waals surface area contributed by atoms with Gasteiger partial charge in [0, 0.05) is 0 Å². The minimum atomic E-state index is -0.293. The number of hydrogen-bond acceptors (Lipinski definition) is 3. The number of ether oxygens (including phenoxy) is 2. The first-order valence-corrected chi connectivity index (χ1v) is 6.53. The van der Waals surface area contributed by atoms with Gasteiger partial charge < -0.3 is 14.6 Å². The molecule has 1 aliphatic carbocycles. The normalized spacial score (nSPS) is 18.8. The molecule has 0 unspecified atom stereocenters. The van der Waals surface area contributed by atoms with Gasteiger partial charge in [0.1, 0.15) is 12.4 Å². The van der Waals surface area contributed by atoms with Crippen LogP contribution in [0.3, 0.4) is 0 Å². The highest BCUT2D eigenvalue weighted by Crippen LogP contribution is 2.33. The van der Waals surface area contributed by atoms with Crippen molar-refractivity contribution in [1.29, 1.82) is 0 Å². The molecule has 0 saturated heterocycles. The Balaban J connectivity index is 1.84. The van der Waals surface area contributed by atoms with Crippen molar-refractivity contribution in [3.63, 3.8) is 0 Å². The molecule has 1 aromatic carbocycles. The lowest BCUT2D eigenvalue weighted by Gasteiger charge is -2.19. The van der Waals surface area contributed by atoms with Crippen molar-refractivity contribution in [2.24, 2.45) is 0 Å². The number of fused-ring (bicyclic) bond motifs is 1. The van der Waals surface area contributed by atoms with Crippen LogP contribution in [0.1, 0.15) is 44.4 Å². The SMILES string of the molecule is CC(C)(C)OCCOc1ccc2c(c1)CC[C@@H]2O. The number of rotatable bonds is 4. The lowest BCUT2D eigenvalue weighted by Crippen LogP contribution is -2.22. The van der Waals surface area contributed by atoms with E-state index in [4.69, 9.17) is 9.47 Å². The Morgan fingerprint density at radius 3 is 2.78 bits per heavy atom. The van der Waals surface area contributed by atoms with Crippen LogP contribution in [0.15, 0.2) is 18.2 Å². The van der Waals surface area contributed by atoms with E-state index in [9.17, 15) is 5.11 Å². The molecular weight excluding hydrogens is 228 g/mol. The summed E-state index contributed by atoms with van der Waals surface area (Å²) >= 11 is 0. The fraction of sp³-hybridized carbons (Fsp3) is 0.600. The lowest BCUT2D eigenvalue weighted by atomic mass is 10.1. The van der Waals surface area contributed by atoms with Gasteiger partial charge in [-0.1, -0.05) is 6.07 Å². The Morgan fingerprint density at radius 2 is 2.06 bits per heavy atom. The molecular formula is C15H22O3. The third-order valence-electron chi connectivity index (χ3n) is 3.05. The molecule has 0 aliphatic heterocycles. The van der Waals surface area contributed by atoms with Gasteiger partial charge >= 0.3 is 0 Å². The Morgan fingerprint density at radius 1 is 1.28 bits per heavy atom. The third-order valence-corrected chi connectivity index (χ3v) is 3.05. The Kier molecular flexibility index (Phi) is 3.93. The lowest BCUT2D eigenvalue weighted by molar-refractivity contribution is -0.0163. The van der Waals surface area contributed by atoms with E-state index in [0.29, 0.717) is 13.2 Å². The molecule has 0 aromatic heterocycles. The number of aliphatic hydroxyl groups excluding tert-OH is 1. The van der Waals surface area contributed by atoms with Gasteiger partial charge in [-0.15, -0.1) is 0 Å². The maximum Gasteiger partial charge on any atom is 0.119 e. The summed E-state index contributed by atoms with van der Waals surface area (Å²) in [6.45, 7) is 7.24. The molecule has 0 saturated carbocycles. The van der Waals surface area contributed by atoms with E-state index in [1.165, 1.54) is 5.56 Å². The van der Waals surface area contributed by atoms with Crippen LogP contribution in [0.5, 0.6) is 5.75 Å². The Labute approximate surface area is 109 Å². The zero-order valence-corrected chi connectivity index (χ0v) is 11.4. The van der Waals surface area contributed by atoms with Crippen LogP contribution >= 0.6 is 0 Å². The van der Waals surface area contributed by atoms with Crippen LogP contribution in [0.25, 0.3) is 0 Å². The van der Waals surface area contributed by atoms with Gasteiger partial charge in [-0.25, -0.2) is 0 Å². The smallest absolute Gasteiger partial charge is 0.119 e. The van der Waals surface area contributed by atoms with Crippen LogP contribution < -0.4 is 4.74 Å². The highest BCUT2D eigenvalue weighted by Gasteiger charge is 2.20. The standard InChI is InChI=1S/C15H22O3/c1-15(2,3)18-9-8-17-12-5-6-13-11(10-12)4-7-14(13)16/h5-6,10,14,16H,4,7-9H2,1-3H3/t14-/m0/s1. The molecule has 100 valence electrons. The van der Waals surface area contributed by atoms with Gasteiger partial charge in [-0.2, -0.15) is 0 Å². The summed E-state index contributed by atoms with van der Waals surface area (Å²) in [6, 6.07) is 5.92. The average Bonchev–Trinajstić information content (AvgIpc) is 2.65. The first-order chi connectivity index (χ1) is 8.46. The minimum Gasteiger partial charge on any atom is -0.491 e. The third kappa shape index (κ3) is 3.47. The number of aryl methyl sites for hydroxylation is 1. The molecule has 0 radical (unpaired) electrons. The van der Waals surface area contributed by atoms with E-state index in [1.807, 2.05) is 39.0 Å². The van der Waals surface area contributed by atoms with Gasteiger partial charge in [-0.05, 0) is 56.9 Å². The zero-order valence-electron chi connectivity index (χ0n) is 11.4. The number of aliphatic hydroxyl groups is 1. The summed E-state index contributed by atoms with van der Waals surface area (Å²) in [5.74, 6) is 0.861. The van der Waals surface area contributed by atoms with Crippen LogP contribution in [0.2, 0.25) is 0 Å². The summed E-state index contributed by atoms with van der Waals surface area (Å²) in [5.41, 5.74) is 2.14. The topological polar surface area (TPSA) is 38.7 Å². The molecule has 2 rings (SSSR count). The van der Waals surface area contributed by atoms with Crippen molar-refractivity contribution in [3.05, 3.63) is 29.3 Å². The van der Waals surface area contributed by atoms with Crippen molar-refractivity contribution >= 4 is 0 Å². The predicted octanol–water partition coefficient (Wildman–Crippen LogP) is 2.86. The fourth-order valence-corrected chi connectivity index (χ4v) is 2.17. The summed E-state index contributed by atoms with van der Waals surface area (Å²) in [5, 5.41) is 9.72. The molecule has 0 bridgehead atoms. The van der Waals surface area contributed by atoms with Gasteiger partial charge in [0.15, 0.2) is 0 Å². The van der Waals surface area contributed by atoms with Gasteiger partial charge in [0.25, 0.3) is 0 Å². The molecule has 3 nitrogen and oxygen atoms in total. The second-order valence-corrected chi connectivity index (χ2v) is 5.72. The minimum absolute atomic E-state index is 0.120. The highest BCUT2D eigenvalue weighted by molar-refractivity contribution is 5.39. The maximum atomic E-state index is 9.72. The molecule has 1 atom stereocenters. The Hall–Kier alpha value is -1.06. The van der Waals surface area contributed by atoms with Crippen molar-refractivity contribution in [1.82, 2.24) is 0 Å². The number of benzene rings is 1. The van der Waals surface area contributed by atoms with Gasteiger partial charge in [0.05, 0.1) is 18.3 Å². The van der Waals surface area contributed by atoms with Crippen molar-refractivity contribution in [3.8, 4) is 5.75 Å². The summed E-state index contributed by atoms with van der Waals surface area (Å²) in [7, 11) is 0. The second kappa shape index (κ2) is 5.29. The van der Waals surface area contributed by atoms with E-state index in [-0.39, 0.29) is 11.7 Å². The van der Waals surface area contributed by atoms with Crippen LogP contribution in [0.4, 0.5) is 0 Å². The monoisotopic (exact) mass is 250 g/mol. The summed E-state index contributed by atoms with van der Waals surface area (Å²) in [4.78, 5) is 0. The van der Waals surface area contributed by atoms with E-state index in [2.05, 4.69) is 0 Å². The zero-order chi connectivity index (χ0) is 13.2. The maximum absolute atomic E-state index is 9.72. The summed E-state index contributed by atoms with van der Waals surface area (Å²) < 4.78 is 11.3. The number of hydrogen-bond donors (Lipinski definition) is 1. The molecule has 3 heteroatoms. The van der Waals surface area contributed by atoms with E-state index in [0.717, 1.165) is 24.2 Å². The van der Waals surface area contributed by atoms with Gasteiger partial charge in [-0.3, -0.25) is 0 Å². The molecule has 1 N–H and O–H groups in total. The quantitative estimate of drug-likeness (QED) is 0.835. The molecule has 0 heterocycles. The molecule has 0 amide bonds. The Bertz CT molecular complexity index is 407. The molecule has 0 spiro atoms. The second-order valence-electron chi connectivity index (χ2n) is 5.72. The van der Waals surface area contributed by atoms with E-state index >= 15 is 0 Å². The highest BCUT2D eigenvalue weighted by atomic mass is 16.5. The van der Waals surface area contributed by atoms with Crippen LogP contribution in [0, 0.1) is 0 Å². The molecule has 18 heavy (non-hydrogen) atoms. The van der Waals surface area contributed by atoms with Gasteiger partial charge in [0.2, 0.25) is 0 Å². The fourth-order valence-electron chi connectivity index (χ4n) is 2.17. The van der Waals surface area contributed by atoms with Crippen LogP contribution in [-0.4, -0.2) is 23.9 Å². The molecule has 1 aliphatic rings. The molecule has 0 fully saturated rings. The van der Waals surface area contributed by atoms with Crippen molar-refractivity contribution < 1.29 is 14.6 Å². The van der Waals surface area contributed by atoms with E-state index in [1.54, 1.807) is 0 Å². The predicted molar refractivity (Wildman–Crippen MR) is 70.9 cm³/mol. The first-order valence-electron chi connectivity index (χ1n) is 6.53. The largest absolute Gasteiger partial charge is 0.491 e. The first kappa shape index (κ1) is 13.4. The average molecular weight is 250 g/mol. The summed E-state index contributed by atoms with van der Waals surface area (Å²) in [6.07, 6.45) is 1.47.